The number of benzene rings is 1. The van der Waals surface area contributed by atoms with Crippen LogP contribution in [0, 0.1) is 11.3 Å². The Morgan fingerprint density at radius 3 is 2.67 bits per heavy atom. The Bertz CT molecular complexity index is 624. The number of tetrazole rings is 1. The van der Waals surface area contributed by atoms with E-state index in [1.54, 1.807) is 0 Å². The number of aromatic nitrogens is 4. The van der Waals surface area contributed by atoms with Gasteiger partial charge in [-0.15, -0.1) is 5.10 Å². The molecular weight excluding hydrogens is 268 g/mol. The number of nitriles is 1. The largest absolute Gasteiger partial charge is 0.379 e. The molecule has 1 aromatic heterocycles. The van der Waals surface area contributed by atoms with Crippen molar-refractivity contribution >= 4 is 0 Å². The summed E-state index contributed by atoms with van der Waals surface area (Å²) in [6, 6.07) is 10.2. The summed E-state index contributed by atoms with van der Waals surface area (Å²) in [5, 5.41) is 20.2. The Balaban J connectivity index is 1.71. The van der Waals surface area contributed by atoms with Gasteiger partial charge >= 0.3 is 0 Å². The third-order valence-electron chi connectivity index (χ3n) is 3.47. The van der Waals surface area contributed by atoms with Crippen molar-refractivity contribution < 1.29 is 4.74 Å². The van der Waals surface area contributed by atoms with E-state index in [1.807, 2.05) is 18.2 Å². The lowest BCUT2D eigenvalue weighted by molar-refractivity contribution is 0.0342. The molecule has 1 aliphatic heterocycles. The number of hydrogen-bond donors (Lipinski definition) is 0. The van der Waals surface area contributed by atoms with Crippen molar-refractivity contribution in [3.05, 3.63) is 29.8 Å². The summed E-state index contributed by atoms with van der Waals surface area (Å²) in [6.07, 6.45) is 0. The number of nitrogens with zero attached hydrogens (tertiary/aromatic N) is 6. The predicted octanol–water partition coefficient (Wildman–Crippen LogP) is 0.696. The highest BCUT2D eigenvalue weighted by Crippen LogP contribution is 2.17. The third kappa shape index (κ3) is 3.24. The number of morpholine rings is 1. The molecule has 1 saturated heterocycles. The van der Waals surface area contributed by atoms with Gasteiger partial charge in [0.2, 0.25) is 0 Å². The fourth-order valence-electron chi connectivity index (χ4n) is 2.36. The molecular formula is C14H16N6O. The van der Waals surface area contributed by atoms with E-state index in [9.17, 15) is 0 Å². The van der Waals surface area contributed by atoms with Gasteiger partial charge in [-0.25, -0.2) is 4.68 Å². The van der Waals surface area contributed by atoms with Gasteiger partial charge in [0.15, 0.2) is 5.82 Å². The van der Waals surface area contributed by atoms with Gasteiger partial charge in [0.05, 0.1) is 19.3 Å². The SMILES string of the molecule is N#CCn1nnnc1-c1ccc(CN2CCOCC2)cc1. The van der Waals surface area contributed by atoms with Crippen molar-refractivity contribution in [1.29, 1.82) is 5.26 Å². The lowest BCUT2D eigenvalue weighted by Gasteiger charge is -2.26. The van der Waals surface area contributed by atoms with Crippen molar-refractivity contribution in [3.63, 3.8) is 0 Å². The van der Waals surface area contributed by atoms with E-state index in [2.05, 4.69) is 32.6 Å². The van der Waals surface area contributed by atoms with E-state index in [0.717, 1.165) is 38.4 Å². The molecule has 2 heterocycles. The Labute approximate surface area is 122 Å². The maximum Gasteiger partial charge on any atom is 0.183 e. The first-order valence-electron chi connectivity index (χ1n) is 6.89. The monoisotopic (exact) mass is 284 g/mol. The van der Waals surface area contributed by atoms with Gasteiger partial charge in [-0.05, 0) is 16.0 Å². The first kappa shape index (κ1) is 13.7. The lowest BCUT2D eigenvalue weighted by Crippen LogP contribution is -2.35. The van der Waals surface area contributed by atoms with Gasteiger partial charge in [0.1, 0.15) is 6.54 Å². The normalized spacial score (nSPS) is 15.8. The second kappa shape index (κ2) is 6.43. The summed E-state index contributed by atoms with van der Waals surface area (Å²) in [4.78, 5) is 2.37. The van der Waals surface area contributed by atoms with Crippen LogP contribution in [0.15, 0.2) is 24.3 Å². The minimum atomic E-state index is 0.151. The molecule has 0 radical (unpaired) electrons. The zero-order valence-electron chi connectivity index (χ0n) is 11.6. The summed E-state index contributed by atoms with van der Waals surface area (Å²) in [7, 11) is 0. The molecule has 108 valence electrons. The van der Waals surface area contributed by atoms with Crippen LogP contribution in [0.25, 0.3) is 11.4 Å². The van der Waals surface area contributed by atoms with Crippen molar-refractivity contribution in [3.8, 4) is 17.5 Å². The molecule has 1 aliphatic rings. The fraction of sp³-hybridized carbons (Fsp3) is 0.429. The summed E-state index contributed by atoms with van der Waals surface area (Å²) in [6.45, 7) is 4.64. The standard InChI is InChI=1S/C14H16N6O/c15-5-6-20-14(16-17-18-20)13-3-1-12(2-4-13)11-19-7-9-21-10-8-19/h1-4H,6-11H2. The van der Waals surface area contributed by atoms with Crippen LogP contribution >= 0.6 is 0 Å². The maximum atomic E-state index is 8.75. The van der Waals surface area contributed by atoms with E-state index in [-0.39, 0.29) is 6.54 Å². The zero-order valence-corrected chi connectivity index (χ0v) is 11.6. The van der Waals surface area contributed by atoms with E-state index >= 15 is 0 Å². The predicted molar refractivity (Wildman–Crippen MR) is 75.0 cm³/mol. The molecule has 0 aliphatic carbocycles. The lowest BCUT2D eigenvalue weighted by atomic mass is 10.1. The van der Waals surface area contributed by atoms with Gasteiger partial charge < -0.3 is 4.74 Å². The van der Waals surface area contributed by atoms with E-state index in [1.165, 1.54) is 10.2 Å². The Morgan fingerprint density at radius 1 is 1.19 bits per heavy atom. The van der Waals surface area contributed by atoms with E-state index in [0.29, 0.717) is 5.82 Å². The number of rotatable bonds is 4. The molecule has 0 amide bonds. The molecule has 3 rings (SSSR count). The molecule has 0 atom stereocenters. The highest BCUT2D eigenvalue weighted by atomic mass is 16.5. The Hall–Kier alpha value is -2.30. The molecule has 2 aromatic rings. The number of ether oxygens (including phenoxy) is 1. The van der Waals surface area contributed by atoms with Gasteiger partial charge in [-0.1, -0.05) is 24.3 Å². The zero-order chi connectivity index (χ0) is 14.5. The van der Waals surface area contributed by atoms with Gasteiger partial charge in [0, 0.05) is 25.2 Å². The first-order chi connectivity index (χ1) is 10.4. The quantitative estimate of drug-likeness (QED) is 0.822. The molecule has 1 fully saturated rings. The average molecular weight is 284 g/mol. The summed E-state index contributed by atoms with van der Waals surface area (Å²) < 4.78 is 6.85. The molecule has 1 aromatic carbocycles. The van der Waals surface area contributed by atoms with Gasteiger partial charge in [-0.3, -0.25) is 4.90 Å². The van der Waals surface area contributed by atoms with Crippen LogP contribution in [0.1, 0.15) is 5.56 Å². The molecule has 21 heavy (non-hydrogen) atoms. The smallest absolute Gasteiger partial charge is 0.183 e. The summed E-state index contributed by atoms with van der Waals surface area (Å²) in [5.74, 6) is 0.620. The van der Waals surface area contributed by atoms with Crippen molar-refractivity contribution in [2.24, 2.45) is 0 Å². The summed E-state index contributed by atoms with van der Waals surface area (Å²) in [5.41, 5.74) is 2.17. The van der Waals surface area contributed by atoms with Crippen LogP contribution < -0.4 is 0 Å². The minimum Gasteiger partial charge on any atom is -0.379 e. The van der Waals surface area contributed by atoms with E-state index < -0.39 is 0 Å². The van der Waals surface area contributed by atoms with Gasteiger partial charge in [-0.2, -0.15) is 5.26 Å². The van der Waals surface area contributed by atoms with Crippen LogP contribution in [-0.2, 0) is 17.8 Å². The van der Waals surface area contributed by atoms with Crippen LogP contribution in [0.5, 0.6) is 0 Å². The fourth-order valence-corrected chi connectivity index (χ4v) is 2.36. The van der Waals surface area contributed by atoms with Crippen molar-refractivity contribution in [2.45, 2.75) is 13.1 Å². The third-order valence-corrected chi connectivity index (χ3v) is 3.47. The first-order valence-corrected chi connectivity index (χ1v) is 6.89. The average Bonchev–Trinajstić information content (AvgIpc) is 2.98. The molecule has 0 saturated carbocycles. The molecule has 7 nitrogen and oxygen atoms in total. The highest BCUT2D eigenvalue weighted by Gasteiger charge is 2.12. The van der Waals surface area contributed by atoms with Crippen LogP contribution in [0.4, 0.5) is 0 Å². The molecule has 0 N–H and O–H groups in total. The second-order valence-corrected chi connectivity index (χ2v) is 4.90. The second-order valence-electron chi connectivity index (χ2n) is 4.90. The van der Waals surface area contributed by atoms with Crippen molar-refractivity contribution in [2.75, 3.05) is 26.3 Å². The molecule has 0 unspecified atom stereocenters. The highest BCUT2D eigenvalue weighted by molar-refractivity contribution is 5.55. The summed E-state index contributed by atoms with van der Waals surface area (Å²) >= 11 is 0. The van der Waals surface area contributed by atoms with Crippen LogP contribution in [0.3, 0.4) is 0 Å². The molecule has 0 bridgehead atoms. The molecule has 0 spiro atoms. The van der Waals surface area contributed by atoms with Crippen LogP contribution in [-0.4, -0.2) is 51.4 Å². The molecule has 7 heteroatoms. The minimum absolute atomic E-state index is 0.151. The van der Waals surface area contributed by atoms with E-state index in [4.69, 9.17) is 10.00 Å². The Kier molecular flexibility index (Phi) is 4.19. The van der Waals surface area contributed by atoms with Crippen LogP contribution in [0.2, 0.25) is 0 Å². The van der Waals surface area contributed by atoms with Gasteiger partial charge in [0.25, 0.3) is 0 Å². The topological polar surface area (TPSA) is 79.9 Å². The maximum absolute atomic E-state index is 8.75. The Morgan fingerprint density at radius 2 is 1.95 bits per heavy atom. The number of hydrogen-bond acceptors (Lipinski definition) is 6. The van der Waals surface area contributed by atoms with Crippen molar-refractivity contribution in [1.82, 2.24) is 25.1 Å².